The van der Waals surface area contributed by atoms with Crippen molar-refractivity contribution in [2.24, 2.45) is 0 Å². The van der Waals surface area contributed by atoms with Crippen LogP contribution in [-0.2, 0) is 0 Å². The minimum atomic E-state index is -0.416. The summed E-state index contributed by atoms with van der Waals surface area (Å²) in [6.07, 6.45) is 1.59. The van der Waals surface area contributed by atoms with Gasteiger partial charge in [0, 0.05) is 17.8 Å². The third-order valence-corrected chi connectivity index (χ3v) is 3.52. The van der Waals surface area contributed by atoms with Gasteiger partial charge in [0.15, 0.2) is 0 Å². The van der Waals surface area contributed by atoms with Gasteiger partial charge in [0.2, 0.25) is 5.28 Å². The molecule has 0 aliphatic carbocycles. The molecule has 92 valence electrons. The number of nitrogens with zero attached hydrogens (tertiary/aromatic N) is 3. The number of halogens is 1. The largest absolute Gasteiger partial charge is 0.283 e. The smallest absolute Gasteiger partial charge is 0.258 e. The van der Waals surface area contributed by atoms with Crippen LogP contribution in [0.25, 0.3) is 0 Å². The van der Waals surface area contributed by atoms with E-state index in [1.54, 1.807) is 24.4 Å². The standard InChI is InChI=1S/C11H8ClN3O2S/c1-7-6-13-11(12)14-10(7)18-9-5-3-2-4-8(9)15(16)17/h2-6H,1H3. The van der Waals surface area contributed by atoms with Crippen molar-refractivity contribution in [2.75, 3.05) is 0 Å². The van der Waals surface area contributed by atoms with Crippen LogP contribution in [-0.4, -0.2) is 14.9 Å². The van der Waals surface area contributed by atoms with Crippen LogP contribution in [0.2, 0.25) is 5.28 Å². The van der Waals surface area contributed by atoms with E-state index in [0.29, 0.717) is 9.92 Å². The summed E-state index contributed by atoms with van der Waals surface area (Å²) in [6.45, 7) is 1.83. The monoisotopic (exact) mass is 281 g/mol. The van der Waals surface area contributed by atoms with Crippen molar-refractivity contribution in [3.05, 3.63) is 51.4 Å². The number of nitro groups is 1. The van der Waals surface area contributed by atoms with Crippen molar-refractivity contribution >= 4 is 29.1 Å². The molecule has 0 atom stereocenters. The van der Waals surface area contributed by atoms with E-state index in [4.69, 9.17) is 11.6 Å². The minimum Gasteiger partial charge on any atom is -0.258 e. The molecule has 5 nitrogen and oxygen atoms in total. The molecule has 0 unspecified atom stereocenters. The molecule has 0 aliphatic heterocycles. The fraction of sp³-hybridized carbons (Fsp3) is 0.0909. The Hall–Kier alpha value is -1.66. The van der Waals surface area contributed by atoms with Crippen LogP contribution in [0.4, 0.5) is 5.69 Å². The molecule has 0 N–H and O–H groups in total. The Morgan fingerprint density at radius 1 is 1.39 bits per heavy atom. The van der Waals surface area contributed by atoms with Gasteiger partial charge in [-0.1, -0.05) is 23.9 Å². The minimum absolute atomic E-state index is 0.0524. The van der Waals surface area contributed by atoms with E-state index in [0.717, 1.165) is 5.56 Å². The zero-order valence-corrected chi connectivity index (χ0v) is 10.9. The van der Waals surface area contributed by atoms with Crippen molar-refractivity contribution < 1.29 is 4.92 Å². The van der Waals surface area contributed by atoms with Gasteiger partial charge in [-0.25, -0.2) is 9.97 Å². The summed E-state index contributed by atoms with van der Waals surface area (Å²) < 4.78 is 0. The highest BCUT2D eigenvalue weighted by Gasteiger charge is 2.15. The van der Waals surface area contributed by atoms with Crippen LogP contribution < -0.4 is 0 Å². The summed E-state index contributed by atoms with van der Waals surface area (Å²) in [7, 11) is 0. The van der Waals surface area contributed by atoms with Gasteiger partial charge in [0.1, 0.15) is 5.03 Å². The second kappa shape index (κ2) is 5.32. The van der Waals surface area contributed by atoms with Crippen LogP contribution in [0, 0.1) is 17.0 Å². The zero-order valence-electron chi connectivity index (χ0n) is 9.33. The number of hydrogen-bond acceptors (Lipinski definition) is 5. The van der Waals surface area contributed by atoms with E-state index in [1.807, 2.05) is 6.92 Å². The van der Waals surface area contributed by atoms with Crippen LogP contribution in [0.1, 0.15) is 5.56 Å². The summed E-state index contributed by atoms with van der Waals surface area (Å²) in [6, 6.07) is 6.51. The lowest BCUT2D eigenvalue weighted by Crippen LogP contribution is -1.93. The number of benzene rings is 1. The Labute approximate surface area is 112 Å². The van der Waals surface area contributed by atoms with Gasteiger partial charge < -0.3 is 0 Å². The Morgan fingerprint density at radius 3 is 2.83 bits per heavy atom. The van der Waals surface area contributed by atoms with E-state index in [1.165, 1.54) is 17.8 Å². The molecule has 1 heterocycles. The molecule has 0 saturated heterocycles. The van der Waals surface area contributed by atoms with E-state index in [2.05, 4.69) is 9.97 Å². The first kappa shape index (κ1) is 12.8. The highest BCUT2D eigenvalue weighted by atomic mass is 35.5. The molecule has 0 radical (unpaired) electrons. The summed E-state index contributed by atoms with van der Waals surface area (Å²) >= 11 is 6.92. The third kappa shape index (κ3) is 2.77. The highest BCUT2D eigenvalue weighted by Crippen LogP contribution is 2.35. The topological polar surface area (TPSA) is 68.9 Å². The molecule has 0 spiro atoms. The Bertz CT molecular complexity index is 607. The molecular weight excluding hydrogens is 274 g/mol. The van der Waals surface area contributed by atoms with Gasteiger partial charge in [-0.2, -0.15) is 0 Å². The maximum atomic E-state index is 10.9. The van der Waals surface area contributed by atoms with Crippen LogP contribution in [0.15, 0.2) is 40.4 Å². The van der Waals surface area contributed by atoms with Gasteiger partial charge in [0.05, 0.1) is 9.82 Å². The van der Waals surface area contributed by atoms with Crippen molar-refractivity contribution in [3.63, 3.8) is 0 Å². The Morgan fingerprint density at radius 2 is 2.11 bits per heavy atom. The van der Waals surface area contributed by atoms with Gasteiger partial charge in [0.25, 0.3) is 5.69 Å². The average Bonchev–Trinajstić information content (AvgIpc) is 2.34. The molecule has 7 heteroatoms. The summed E-state index contributed by atoms with van der Waals surface area (Å²) in [5.41, 5.74) is 0.874. The molecule has 0 amide bonds. The molecule has 0 fully saturated rings. The second-order valence-electron chi connectivity index (χ2n) is 3.45. The normalized spacial score (nSPS) is 10.3. The van der Waals surface area contributed by atoms with Crippen LogP contribution in [0.5, 0.6) is 0 Å². The number of hydrogen-bond donors (Lipinski definition) is 0. The number of nitro benzene ring substituents is 1. The Balaban J connectivity index is 2.40. The summed E-state index contributed by atoms with van der Waals surface area (Å²) in [4.78, 5) is 18.9. The Kier molecular flexibility index (Phi) is 3.78. The lowest BCUT2D eigenvalue weighted by molar-refractivity contribution is -0.387. The quantitative estimate of drug-likeness (QED) is 0.373. The van der Waals surface area contributed by atoms with Crippen molar-refractivity contribution in [1.29, 1.82) is 0 Å². The summed E-state index contributed by atoms with van der Waals surface area (Å²) in [5.74, 6) is 0. The average molecular weight is 282 g/mol. The second-order valence-corrected chi connectivity index (χ2v) is 4.82. The first-order valence-corrected chi connectivity index (χ1v) is 6.18. The zero-order chi connectivity index (χ0) is 13.1. The summed E-state index contributed by atoms with van der Waals surface area (Å²) in [5, 5.41) is 11.6. The van der Waals surface area contributed by atoms with Gasteiger partial charge in [-0.3, -0.25) is 10.1 Å². The van der Waals surface area contributed by atoms with Gasteiger partial charge in [-0.15, -0.1) is 0 Å². The molecule has 0 saturated carbocycles. The number of aromatic nitrogens is 2. The molecule has 0 aliphatic rings. The molecule has 1 aromatic heterocycles. The maximum absolute atomic E-state index is 10.9. The lowest BCUT2D eigenvalue weighted by Gasteiger charge is -2.04. The molecule has 1 aromatic carbocycles. The molecule has 0 bridgehead atoms. The van der Waals surface area contributed by atoms with Crippen molar-refractivity contribution in [3.8, 4) is 0 Å². The van der Waals surface area contributed by atoms with E-state index in [9.17, 15) is 10.1 Å². The lowest BCUT2D eigenvalue weighted by atomic mass is 10.3. The van der Waals surface area contributed by atoms with Crippen LogP contribution >= 0.6 is 23.4 Å². The first-order chi connectivity index (χ1) is 8.58. The number of aryl methyl sites for hydroxylation is 1. The fourth-order valence-corrected chi connectivity index (χ4v) is 2.44. The first-order valence-electron chi connectivity index (χ1n) is 4.98. The van der Waals surface area contributed by atoms with E-state index < -0.39 is 4.92 Å². The number of rotatable bonds is 3. The van der Waals surface area contributed by atoms with Gasteiger partial charge in [-0.05, 0) is 24.6 Å². The molecule has 2 rings (SSSR count). The van der Waals surface area contributed by atoms with E-state index in [-0.39, 0.29) is 11.0 Å². The fourth-order valence-electron chi connectivity index (χ4n) is 1.31. The predicted octanol–water partition coefficient (Wildman–Crippen LogP) is 3.50. The maximum Gasteiger partial charge on any atom is 0.283 e. The molecule has 2 aromatic rings. The SMILES string of the molecule is Cc1cnc(Cl)nc1Sc1ccccc1[N+](=O)[O-]. The van der Waals surface area contributed by atoms with Gasteiger partial charge >= 0.3 is 0 Å². The van der Waals surface area contributed by atoms with Crippen molar-refractivity contribution in [1.82, 2.24) is 9.97 Å². The van der Waals surface area contributed by atoms with E-state index >= 15 is 0 Å². The van der Waals surface area contributed by atoms with Crippen LogP contribution in [0.3, 0.4) is 0 Å². The van der Waals surface area contributed by atoms with Crippen molar-refractivity contribution in [2.45, 2.75) is 16.8 Å². The molecule has 18 heavy (non-hydrogen) atoms. The molecular formula is C11H8ClN3O2S. The number of para-hydroxylation sites is 1. The predicted molar refractivity (Wildman–Crippen MR) is 69.0 cm³/mol. The highest BCUT2D eigenvalue weighted by molar-refractivity contribution is 7.99. The third-order valence-electron chi connectivity index (χ3n) is 2.16.